The summed E-state index contributed by atoms with van der Waals surface area (Å²) in [5.41, 5.74) is 0. The lowest BCUT2D eigenvalue weighted by Gasteiger charge is -2.38. The molecule has 0 bridgehead atoms. The summed E-state index contributed by atoms with van der Waals surface area (Å²) in [6.45, 7) is 7.12. The van der Waals surface area contributed by atoms with Gasteiger partial charge in [0.25, 0.3) is 0 Å². The van der Waals surface area contributed by atoms with E-state index < -0.39 is 6.17 Å². The zero-order valence-electron chi connectivity index (χ0n) is 10.0. The summed E-state index contributed by atoms with van der Waals surface area (Å²) in [5, 5.41) is 3.19. The third kappa shape index (κ3) is 3.70. The summed E-state index contributed by atoms with van der Waals surface area (Å²) in [4.78, 5) is 2.17. The molecule has 0 saturated carbocycles. The highest BCUT2D eigenvalue weighted by atomic mass is 19.1. The van der Waals surface area contributed by atoms with Crippen LogP contribution in [-0.4, -0.2) is 56.5 Å². The molecule has 0 radical (unpaired) electrons. The van der Waals surface area contributed by atoms with E-state index in [2.05, 4.69) is 17.1 Å². The molecule has 1 N–H and O–H groups in total. The lowest BCUT2D eigenvalue weighted by molar-refractivity contribution is 0.0422. The predicted molar refractivity (Wildman–Crippen MR) is 59.9 cm³/mol. The number of methoxy groups -OCH3 is 1. The van der Waals surface area contributed by atoms with E-state index in [-0.39, 0.29) is 6.04 Å². The molecule has 1 heterocycles. The Balaban J connectivity index is 2.36. The first-order valence-corrected chi connectivity index (χ1v) is 5.79. The largest absolute Gasteiger partial charge is 0.383 e. The smallest absolute Gasteiger partial charge is 0.128 e. The Kier molecular flexibility index (Phi) is 5.50. The maximum absolute atomic E-state index is 13.7. The van der Waals surface area contributed by atoms with Crippen LogP contribution < -0.4 is 5.32 Å². The average molecular weight is 218 g/mol. The van der Waals surface area contributed by atoms with Crippen LogP contribution in [0.4, 0.5) is 4.39 Å². The van der Waals surface area contributed by atoms with Gasteiger partial charge in [-0.1, -0.05) is 6.92 Å². The standard InChI is InChI=1S/C11H23FN2O/c1-4-13-11-5-6-14(7-10(11)12)9(2)8-15-3/h9-11,13H,4-8H2,1-3H3. The topological polar surface area (TPSA) is 24.5 Å². The van der Waals surface area contributed by atoms with Gasteiger partial charge in [-0.05, 0) is 19.9 Å². The zero-order chi connectivity index (χ0) is 11.3. The average Bonchev–Trinajstić information content (AvgIpc) is 2.21. The number of ether oxygens (including phenoxy) is 1. The molecular formula is C11H23FN2O. The third-order valence-corrected chi connectivity index (χ3v) is 3.07. The Hall–Kier alpha value is -0.190. The van der Waals surface area contributed by atoms with Crippen LogP contribution in [0.5, 0.6) is 0 Å². The second-order valence-electron chi connectivity index (χ2n) is 4.27. The summed E-state index contributed by atoms with van der Waals surface area (Å²) in [7, 11) is 1.69. The van der Waals surface area contributed by atoms with Crippen molar-refractivity contribution in [3.05, 3.63) is 0 Å². The van der Waals surface area contributed by atoms with Crippen LogP contribution in [0.25, 0.3) is 0 Å². The van der Waals surface area contributed by atoms with E-state index >= 15 is 0 Å². The summed E-state index contributed by atoms with van der Waals surface area (Å²) < 4.78 is 18.8. The normalized spacial score (nSPS) is 30.4. The van der Waals surface area contributed by atoms with Gasteiger partial charge in [0.2, 0.25) is 0 Å². The van der Waals surface area contributed by atoms with E-state index in [1.54, 1.807) is 7.11 Å². The van der Waals surface area contributed by atoms with Crippen LogP contribution in [0.3, 0.4) is 0 Å². The molecule has 3 atom stereocenters. The number of hydrogen-bond donors (Lipinski definition) is 1. The maximum Gasteiger partial charge on any atom is 0.128 e. The van der Waals surface area contributed by atoms with E-state index in [0.29, 0.717) is 19.2 Å². The van der Waals surface area contributed by atoms with Crippen molar-refractivity contribution in [3.8, 4) is 0 Å². The van der Waals surface area contributed by atoms with Crippen molar-refractivity contribution in [1.82, 2.24) is 10.2 Å². The lowest BCUT2D eigenvalue weighted by atomic mass is 10.0. The van der Waals surface area contributed by atoms with Gasteiger partial charge in [-0.3, -0.25) is 4.90 Å². The van der Waals surface area contributed by atoms with Crippen molar-refractivity contribution in [1.29, 1.82) is 0 Å². The van der Waals surface area contributed by atoms with Gasteiger partial charge >= 0.3 is 0 Å². The molecule has 0 amide bonds. The SMILES string of the molecule is CCNC1CCN(C(C)COC)CC1F. The molecule has 1 aliphatic rings. The minimum atomic E-state index is -0.752. The molecule has 0 aromatic heterocycles. The van der Waals surface area contributed by atoms with Crippen molar-refractivity contribution in [3.63, 3.8) is 0 Å². The molecule has 0 aromatic carbocycles. The van der Waals surface area contributed by atoms with Crippen LogP contribution in [0.15, 0.2) is 0 Å². The van der Waals surface area contributed by atoms with E-state index in [1.165, 1.54) is 0 Å². The Morgan fingerprint density at radius 3 is 2.87 bits per heavy atom. The maximum atomic E-state index is 13.7. The number of alkyl halides is 1. The van der Waals surface area contributed by atoms with Crippen LogP contribution in [0.2, 0.25) is 0 Å². The molecule has 4 heteroatoms. The Bertz CT molecular complexity index is 180. The Morgan fingerprint density at radius 2 is 2.33 bits per heavy atom. The van der Waals surface area contributed by atoms with Crippen molar-refractivity contribution >= 4 is 0 Å². The van der Waals surface area contributed by atoms with Crippen LogP contribution >= 0.6 is 0 Å². The first-order valence-electron chi connectivity index (χ1n) is 5.79. The quantitative estimate of drug-likeness (QED) is 0.746. The first-order chi connectivity index (χ1) is 7.19. The van der Waals surface area contributed by atoms with Gasteiger partial charge in [0, 0.05) is 32.3 Å². The first kappa shape index (κ1) is 12.9. The Morgan fingerprint density at radius 1 is 1.60 bits per heavy atom. The van der Waals surface area contributed by atoms with E-state index in [0.717, 1.165) is 19.5 Å². The highest BCUT2D eigenvalue weighted by molar-refractivity contribution is 4.86. The fraction of sp³-hybridized carbons (Fsp3) is 1.00. The molecule has 3 nitrogen and oxygen atoms in total. The molecule has 3 unspecified atom stereocenters. The van der Waals surface area contributed by atoms with Gasteiger partial charge in [0.05, 0.1) is 6.61 Å². The number of nitrogens with one attached hydrogen (secondary N) is 1. The molecule has 0 aliphatic carbocycles. The second kappa shape index (κ2) is 6.40. The van der Waals surface area contributed by atoms with Gasteiger partial charge in [-0.25, -0.2) is 4.39 Å². The minimum Gasteiger partial charge on any atom is -0.383 e. The van der Waals surface area contributed by atoms with Crippen LogP contribution in [0, 0.1) is 0 Å². The zero-order valence-corrected chi connectivity index (χ0v) is 10.0. The molecule has 1 fully saturated rings. The van der Waals surface area contributed by atoms with Crippen LogP contribution in [-0.2, 0) is 4.74 Å². The fourth-order valence-corrected chi connectivity index (χ4v) is 2.17. The lowest BCUT2D eigenvalue weighted by Crippen LogP contribution is -2.53. The molecule has 15 heavy (non-hydrogen) atoms. The number of hydrogen-bond acceptors (Lipinski definition) is 3. The summed E-state index contributed by atoms with van der Waals surface area (Å²) in [5.74, 6) is 0. The number of rotatable bonds is 5. The Labute approximate surface area is 92.0 Å². The van der Waals surface area contributed by atoms with Gasteiger partial charge in [0.15, 0.2) is 0 Å². The number of nitrogens with zero attached hydrogens (tertiary/aromatic N) is 1. The van der Waals surface area contributed by atoms with Gasteiger partial charge < -0.3 is 10.1 Å². The number of likely N-dealkylation sites (tertiary alicyclic amines) is 1. The van der Waals surface area contributed by atoms with E-state index in [4.69, 9.17) is 4.74 Å². The summed E-state index contributed by atoms with van der Waals surface area (Å²) in [6.07, 6.45) is 0.140. The molecule has 1 aliphatic heterocycles. The molecule has 90 valence electrons. The van der Waals surface area contributed by atoms with Crippen molar-refractivity contribution in [2.45, 2.75) is 38.5 Å². The molecule has 0 spiro atoms. The highest BCUT2D eigenvalue weighted by Gasteiger charge is 2.30. The van der Waals surface area contributed by atoms with E-state index in [9.17, 15) is 4.39 Å². The van der Waals surface area contributed by atoms with Gasteiger partial charge in [-0.2, -0.15) is 0 Å². The predicted octanol–water partition coefficient (Wildman–Crippen LogP) is 1.04. The monoisotopic (exact) mass is 218 g/mol. The number of halogens is 1. The van der Waals surface area contributed by atoms with Crippen molar-refractivity contribution in [2.24, 2.45) is 0 Å². The van der Waals surface area contributed by atoms with Gasteiger partial charge in [0.1, 0.15) is 6.17 Å². The molecule has 0 aromatic rings. The summed E-state index contributed by atoms with van der Waals surface area (Å²) in [6, 6.07) is 0.358. The van der Waals surface area contributed by atoms with Crippen molar-refractivity contribution < 1.29 is 9.13 Å². The molecule has 1 rings (SSSR count). The molecule has 1 saturated heterocycles. The number of piperidine rings is 1. The third-order valence-electron chi connectivity index (χ3n) is 3.07. The van der Waals surface area contributed by atoms with E-state index in [1.807, 2.05) is 6.92 Å². The fourth-order valence-electron chi connectivity index (χ4n) is 2.17. The summed E-state index contributed by atoms with van der Waals surface area (Å²) >= 11 is 0. The van der Waals surface area contributed by atoms with Crippen LogP contribution in [0.1, 0.15) is 20.3 Å². The highest BCUT2D eigenvalue weighted by Crippen LogP contribution is 2.16. The molecular weight excluding hydrogens is 195 g/mol. The van der Waals surface area contributed by atoms with Gasteiger partial charge in [-0.15, -0.1) is 0 Å². The van der Waals surface area contributed by atoms with Crippen molar-refractivity contribution in [2.75, 3.05) is 33.4 Å². The minimum absolute atomic E-state index is 0.0426. The second-order valence-corrected chi connectivity index (χ2v) is 4.27.